The molecule has 0 spiro atoms. The fourth-order valence-corrected chi connectivity index (χ4v) is 6.21. The van der Waals surface area contributed by atoms with E-state index in [9.17, 15) is 32.7 Å². The number of fused-ring (bicyclic) bond motifs is 1. The smallest absolute Gasteiger partial charge is 0.416 e. The summed E-state index contributed by atoms with van der Waals surface area (Å²) < 4.78 is 47.5. The van der Waals surface area contributed by atoms with Gasteiger partial charge in [0.2, 0.25) is 17.6 Å². The van der Waals surface area contributed by atoms with Gasteiger partial charge >= 0.3 is 6.18 Å². The number of carbonyl (C=O) groups is 2. The molecule has 1 fully saturated rings. The number of nitrogens with one attached hydrogen (secondary N) is 1. The minimum atomic E-state index is -4.63. The van der Waals surface area contributed by atoms with Crippen LogP contribution < -0.4 is 20.5 Å². The normalized spacial score (nSPS) is 13.5. The predicted octanol–water partition coefficient (Wildman–Crippen LogP) is 3.91. The average Bonchev–Trinajstić information content (AvgIpc) is 3.57. The molecule has 5 aromatic rings. The van der Waals surface area contributed by atoms with Gasteiger partial charge in [0.1, 0.15) is 18.6 Å². The number of carbonyl (C=O) groups excluding carboxylic acids is 2. The molecule has 1 aromatic carbocycles. The van der Waals surface area contributed by atoms with Crippen LogP contribution in [0, 0.1) is 13.8 Å². The Kier molecular flexibility index (Phi) is 9.76. The molecule has 0 bridgehead atoms. The minimum Gasteiger partial charge on any atom is -0.504 e. The summed E-state index contributed by atoms with van der Waals surface area (Å²) >= 11 is 6.12. The first kappa shape index (κ1) is 36.0. The molecule has 2 amide bonds. The van der Waals surface area contributed by atoms with Crippen LogP contribution in [0.4, 0.5) is 24.5 Å². The van der Waals surface area contributed by atoms with E-state index in [2.05, 4.69) is 30.4 Å². The number of rotatable bonds is 8. The van der Waals surface area contributed by atoms with Gasteiger partial charge < -0.3 is 29.5 Å². The lowest BCUT2D eigenvalue weighted by molar-refractivity contribution is -0.137. The Morgan fingerprint density at radius 2 is 1.81 bits per heavy atom. The number of aryl methyl sites for hydroxylation is 2. The third-order valence-electron chi connectivity index (χ3n) is 8.61. The maximum absolute atomic E-state index is 14.3. The number of benzene rings is 1. The molecule has 2 N–H and O–H groups in total. The van der Waals surface area contributed by atoms with Crippen molar-refractivity contribution < 1.29 is 32.6 Å². The highest BCUT2D eigenvalue weighted by Crippen LogP contribution is 2.34. The Balaban J connectivity index is 1.38. The van der Waals surface area contributed by atoms with Crippen molar-refractivity contribution in [3.05, 3.63) is 80.4 Å². The number of nitrogens with zero attached hydrogens (tertiary/aromatic N) is 9. The Morgan fingerprint density at radius 1 is 1.08 bits per heavy atom. The van der Waals surface area contributed by atoms with Gasteiger partial charge in [-0.25, -0.2) is 15.0 Å². The van der Waals surface area contributed by atoms with E-state index in [-0.39, 0.29) is 77.7 Å². The van der Waals surface area contributed by atoms with Crippen LogP contribution in [0.1, 0.15) is 39.9 Å². The summed E-state index contributed by atoms with van der Waals surface area (Å²) in [4.78, 5) is 61.1. The Morgan fingerprint density at radius 3 is 2.44 bits per heavy atom. The second kappa shape index (κ2) is 14.1. The fourth-order valence-electron chi connectivity index (χ4n) is 5.98. The third kappa shape index (κ3) is 6.80. The van der Waals surface area contributed by atoms with E-state index >= 15 is 0 Å². The summed E-state index contributed by atoms with van der Waals surface area (Å²) in [6.07, 6.45) is -1.68. The second-order valence-corrected chi connectivity index (χ2v) is 12.3. The number of hydrogen-bond donors (Lipinski definition) is 2. The quantitative estimate of drug-likeness (QED) is 0.236. The molecule has 4 aromatic heterocycles. The van der Waals surface area contributed by atoms with Crippen LogP contribution in [0.3, 0.4) is 0 Å². The minimum absolute atomic E-state index is 0.0335. The van der Waals surface area contributed by atoms with Crippen LogP contribution in [0.5, 0.6) is 11.6 Å². The fraction of sp³-hybridized carbons (Fsp3) is 0.333. The van der Waals surface area contributed by atoms with E-state index in [1.54, 1.807) is 31.7 Å². The number of aromatic hydroxyl groups is 1. The number of anilines is 2. The molecule has 1 saturated heterocycles. The number of alkyl halides is 3. The van der Waals surface area contributed by atoms with Gasteiger partial charge in [0.05, 0.1) is 34.8 Å². The Hall–Kier alpha value is -5.78. The van der Waals surface area contributed by atoms with Gasteiger partial charge in [-0.05, 0) is 44.5 Å². The number of methoxy groups -OCH3 is 1. The van der Waals surface area contributed by atoms with Crippen molar-refractivity contribution in [2.24, 2.45) is 0 Å². The van der Waals surface area contributed by atoms with Crippen LogP contribution in [0.2, 0.25) is 5.02 Å². The Labute approximate surface area is 298 Å². The van der Waals surface area contributed by atoms with Crippen LogP contribution in [0.15, 0.2) is 41.6 Å². The summed E-state index contributed by atoms with van der Waals surface area (Å²) in [5.74, 6) is -0.888. The number of halogens is 4. The van der Waals surface area contributed by atoms with Crippen molar-refractivity contribution in [2.75, 3.05) is 43.5 Å². The molecule has 1 aliphatic rings. The highest BCUT2D eigenvalue weighted by Gasteiger charge is 2.32. The number of piperazine rings is 1. The lowest BCUT2D eigenvalue weighted by Gasteiger charge is -2.36. The summed E-state index contributed by atoms with van der Waals surface area (Å²) in [6, 6.07) is 4.33. The second-order valence-electron chi connectivity index (χ2n) is 11.9. The molecular weight excluding hydrogens is 709 g/mol. The zero-order chi connectivity index (χ0) is 37.5. The first-order chi connectivity index (χ1) is 24.7. The maximum Gasteiger partial charge on any atom is 0.416 e. The van der Waals surface area contributed by atoms with Gasteiger partial charge in [-0.3, -0.25) is 14.4 Å². The van der Waals surface area contributed by atoms with Gasteiger partial charge in [-0.1, -0.05) is 18.5 Å². The number of amides is 2. The molecular formula is C33H32ClF3N10O5. The largest absolute Gasteiger partial charge is 0.504 e. The topological polar surface area (TPSA) is 173 Å². The van der Waals surface area contributed by atoms with Gasteiger partial charge in [-0.15, -0.1) is 5.10 Å². The lowest BCUT2D eigenvalue weighted by Crippen LogP contribution is -2.51. The molecule has 19 heteroatoms. The number of hydrogen-bond acceptors (Lipinski definition) is 11. The monoisotopic (exact) mass is 740 g/mol. The Bertz CT molecular complexity index is 2270. The average molecular weight is 741 g/mol. The zero-order valence-corrected chi connectivity index (χ0v) is 29.1. The molecule has 6 rings (SSSR count). The van der Waals surface area contributed by atoms with Gasteiger partial charge in [-0.2, -0.15) is 22.7 Å². The first-order valence-electron chi connectivity index (χ1n) is 16.0. The highest BCUT2D eigenvalue weighted by atomic mass is 35.5. The maximum atomic E-state index is 14.3. The van der Waals surface area contributed by atoms with E-state index in [4.69, 9.17) is 16.3 Å². The van der Waals surface area contributed by atoms with Crippen molar-refractivity contribution in [2.45, 2.75) is 39.9 Å². The predicted molar refractivity (Wildman–Crippen MR) is 183 cm³/mol. The SMILES string of the molecule is CCc1c(N2CCN(C(=O)c3ncnc(C)c3O)CC2)c(=O)n2nc(-c3cnc(OC)c(C)c3)nc2n1CC(=O)Nc1ccc(C(F)(F)F)cc1Cl. The van der Waals surface area contributed by atoms with Crippen LogP contribution in [-0.2, 0) is 23.9 Å². The molecule has 5 heterocycles. The molecule has 15 nitrogen and oxygen atoms in total. The molecule has 272 valence electrons. The third-order valence-corrected chi connectivity index (χ3v) is 8.92. The molecule has 1 aliphatic heterocycles. The molecule has 52 heavy (non-hydrogen) atoms. The summed E-state index contributed by atoms with van der Waals surface area (Å²) in [6.45, 7) is 5.49. The summed E-state index contributed by atoms with van der Waals surface area (Å²) in [7, 11) is 1.48. The zero-order valence-electron chi connectivity index (χ0n) is 28.3. The molecule has 0 aliphatic carbocycles. The molecule has 0 atom stereocenters. The van der Waals surface area contributed by atoms with E-state index in [0.29, 0.717) is 22.7 Å². The van der Waals surface area contributed by atoms with Crippen molar-refractivity contribution in [1.82, 2.24) is 39.0 Å². The summed E-state index contributed by atoms with van der Waals surface area (Å²) in [5, 5.41) is 17.1. The van der Waals surface area contributed by atoms with E-state index in [1.165, 1.54) is 29.1 Å². The number of pyridine rings is 1. The number of ether oxygens (including phenoxy) is 1. The van der Waals surface area contributed by atoms with Crippen molar-refractivity contribution in [3.63, 3.8) is 0 Å². The van der Waals surface area contributed by atoms with Crippen LogP contribution in [-0.4, -0.2) is 89.2 Å². The van der Waals surface area contributed by atoms with E-state index < -0.39 is 35.7 Å². The van der Waals surface area contributed by atoms with Crippen molar-refractivity contribution >= 4 is 40.6 Å². The standard InChI is InChI=1S/C33H32ClF3N10O5/c1-5-23-26(44-8-10-45(11-9-44)30(50)25-27(49)18(3)39-16-40-25)31(51)47-32(42-28(43-47)19-12-17(2)29(52-4)38-14-19)46(23)15-24(48)41-22-7-6-20(13-21(22)34)33(35,36)37/h6-7,12-14,16,49H,5,8-11,15H2,1-4H3,(H,41,48). The van der Waals surface area contributed by atoms with Crippen LogP contribution in [0.25, 0.3) is 17.2 Å². The van der Waals surface area contributed by atoms with Gasteiger partial charge in [0.25, 0.3) is 11.5 Å². The molecule has 0 radical (unpaired) electrons. The summed E-state index contributed by atoms with van der Waals surface area (Å²) in [5.41, 5.74) is 0.422. The van der Waals surface area contributed by atoms with Gasteiger partial charge in [0, 0.05) is 43.5 Å². The van der Waals surface area contributed by atoms with E-state index in [1.807, 2.05) is 0 Å². The van der Waals surface area contributed by atoms with Crippen molar-refractivity contribution in [1.29, 1.82) is 0 Å². The first-order valence-corrected chi connectivity index (χ1v) is 16.3. The lowest BCUT2D eigenvalue weighted by atomic mass is 10.2. The van der Waals surface area contributed by atoms with Crippen molar-refractivity contribution in [3.8, 4) is 23.0 Å². The molecule has 0 saturated carbocycles. The van der Waals surface area contributed by atoms with Gasteiger partial charge in [0.15, 0.2) is 17.3 Å². The highest BCUT2D eigenvalue weighted by molar-refractivity contribution is 6.33. The van der Waals surface area contributed by atoms with Crippen LogP contribution >= 0.6 is 11.6 Å². The molecule has 0 unspecified atom stereocenters. The number of aromatic nitrogens is 7. The van der Waals surface area contributed by atoms with E-state index in [0.717, 1.165) is 22.7 Å².